The number of anilines is 2. The van der Waals surface area contributed by atoms with Crippen molar-refractivity contribution < 1.29 is 22.7 Å². The lowest BCUT2D eigenvalue weighted by Crippen LogP contribution is -2.34. The summed E-state index contributed by atoms with van der Waals surface area (Å²) >= 11 is 6.18. The summed E-state index contributed by atoms with van der Waals surface area (Å²) in [5.74, 6) is -0.604. The SMILES string of the molecule is CC(C)n1cc(-c2ccnc(N[C@@H](C)CNC(=O)O)n2)c(-c2cc(Cl)cc(NS(C)(=O)=O)c2F)n1. The fraction of sp³-hybridized carbons (Fsp3) is 0.333. The third-order valence-corrected chi connectivity index (χ3v) is 5.52. The number of benzene rings is 1. The van der Waals surface area contributed by atoms with E-state index in [1.165, 1.54) is 18.3 Å². The number of nitrogens with zero attached hydrogens (tertiary/aromatic N) is 4. The van der Waals surface area contributed by atoms with Gasteiger partial charge in [-0.05, 0) is 39.0 Å². The van der Waals surface area contributed by atoms with Crippen LogP contribution in [-0.4, -0.2) is 58.2 Å². The third-order valence-electron chi connectivity index (χ3n) is 4.72. The van der Waals surface area contributed by atoms with Gasteiger partial charge in [0.2, 0.25) is 16.0 Å². The van der Waals surface area contributed by atoms with Gasteiger partial charge in [-0.1, -0.05) is 11.6 Å². The van der Waals surface area contributed by atoms with Crippen LogP contribution in [0.5, 0.6) is 0 Å². The number of halogens is 2. The van der Waals surface area contributed by atoms with Crippen molar-refractivity contribution in [3.05, 3.63) is 41.4 Å². The first-order valence-corrected chi connectivity index (χ1v) is 12.7. The van der Waals surface area contributed by atoms with Crippen molar-refractivity contribution in [2.75, 3.05) is 22.8 Å². The highest BCUT2D eigenvalue weighted by Gasteiger charge is 2.22. The number of carboxylic acid groups (broad SMARTS) is 1. The van der Waals surface area contributed by atoms with Crippen LogP contribution in [0, 0.1) is 5.82 Å². The molecule has 0 saturated heterocycles. The molecule has 11 nitrogen and oxygen atoms in total. The van der Waals surface area contributed by atoms with Crippen molar-refractivity contribution in [1.29, 1.82) is 0 Å². The Morgan fingerprint density at radius 2 is 1.97 bits per heavy atom. The first-order valence-electron chi connectivity index (χ1n) is 10.5. The fourth-order valence-corrected chi connectivity index (χ4v) is 3.93. The zero-order chi connectivity index (χ0) is 25.9. The summed E-state index contributed by atoms with van der Waals surface area (Å²) in [4.78, 5) is 19.4. The molecule has 4 N–H and O–H groups in total. The Labute approximate surface area is 206 Å². The van der Waals surface area contributed by atoms with E-state index in [1.807, 2.05) is 13.8 Å². The summed E-state index contributed by atoms with van der Waals surface area (Å²) in [6, 6.07) is 3.78. The Kier molecular flexibility index (Phi) is 7.80. The molecule has 1 amide bonds. The van der Waals surface area contributed by atoms with Crippen molar-refractivity contribution in [2.24, 2.45) is 0 Å². The zero-order valence-corrected chi connectivity index (χ0v) is 20.9. The standard InChI is InChI=1S/C21H25ClFN7O4S/c1-11(2)30-10-15(16-5-6-24-20(27-16)26-12(3)9-25-21(31)32)19(28-30)14-7-13(22)8-17(18(14)23)29-35(4,33)34/h5-8,10-12,25,29H,9H2,1-4H3,(H,31,32)(H,24,26,27)/t12-/m0/s1. The number of nitrogens with one attached hydrogen (secondary N) is 3. The van der Waals surface area contributed by atoms with E-state index in [1.54, 1.807) is 23.9 Å². The van der Waals surface area contributed by atoms with Gasteiger partial charge < -0.3 is 15.7 Å². The van der Waals surface area contributed by atoms with E-state index in [0.717, 1.165) is 6.26 Å². The van der Waals surface area contributed by atoms with Gasteiger partial charge in [0.1, 0.15) is 5.69 Å². The Hall–Kier alpha value is -3.45. The Morgan fingerprint density at radius 3 is 2.60 bits per heavy atom. The van der Waals surface area contributed by atoms with Crippen LogP contribution >= 0.6 is 11.6 Å². The van der Waals surface area contributed by atoms with Crippen LogP contribution in [0.1, 0.15) is 26.8 Å². The second-order valence-electron chi connectivity index (χ2n) is 8.15. The smallest absolute Gasteiger partial charge is 0.404 e. The zero-order valence-electron chi connectivity index (χ0n) is 19.4. The van der Waals surface area contributed by atoms with Gasteiger partial charge in [-0.25, -0.2) is 27.6 Å². The van der Waals surface area contributed by atoms with Crippen LogP contribution in [0.4, 0.5) is 20.8 Å². The summed E-state index contributed by atoms with van der Waals surface area (Å²) in [5.41, 5.74) is 0.780. The molecule has 0 aliphatic heterocycles. The maximum absolute atomic E-state index is 15.4. The van der Waals surface area contributed by atoms with Gasteiger partial charge in [0.05, 0.1) is 17.6 Å². The number of hydrogen-bond donors (Lipinski definition) is 4. The molecule has 0 aliphatic carbocycles. The van der Waals surface area contributed by atoms with E-state index in [9.17, 15) is 13.2 Å². The predicted octanol–water partition coefficient (Wildman–Crippen LogP) is 3.82. The second-order valence-corrected chi connectivity index (χ2v) is 10.3. The van der Waals surface area contributed by atoms with Crippen molar-refractivity contribution >= 4 is 39.4 Å². The Morgan fingerprint density at radius 1 is 1.26 bits per heavy atom. The molecular weight excluding hydrogens is 501 g/mol. The van der Waals surface area contributed by atoms with Crippen molar-refractivity contribution in [3.63, 3.8) is 0 Å². The predicted molar refractivity (Wildman–Crippen MR) is 132 cm³/mol. The molecule has 14 heteroatoms. The average Bonchev–Trinajstić information content (AvgIpc) is 3.19. The lowest BCUT2D eigenvalue weighted by Gasteiger charge is -2.14. The first-order chi connectivity index (χ1) is 16.3. The number of amides is 1. The van der Waals surface area contributed by atoms with Gasteiger partial charge >= 0.3 is 6.09 Å². The van der Waals surface area contributed by atoms with E-state index in [-0.39, 0.29) is 46.5 Å². The molecule has 0 saturated carbocycles. The molecule has 0 spiro atoms. The maximum atomic E-state index is 15.4. The summed E-state index contributed by atoms with van der Waals surface area (Å²) in [6.45, 7) is 5.68. The van der Waals surface area contributed by atoms with Crippen molar-refractivity contribution in [3.8, 4) is 22.5 Å². The highest BCUT2D eigenvalue weighted by atomic mass is 35.5. The Bertz CT molecular complexity index is 1350. The lowest BCUT2D eigenvalue weighted by atomic mass is 10.0. The minimum Gasteiger partial charge on any atom is -0.465 e. The summed E-state index contributed by atoms with van der Waals surface area (Å²) in [6.07, 6.45) is 2.97. The van der Waals surface area contributed by atoms with Crippen LogP contribution in [0.2, 0.25) is 5.02 Å². The van der Waals surface area contributed by atoms with Crippen LogP contribution in [0.25, 0.3) is 22.5 Å². The summed E-state index contributed by atoms with van der Waals surface area (Å²) < 4.78 is 42.6. The quantitative estimate of drug-likeness (QED) is 0.329. The van der Waals surface area contributed by atoms with Crippen LogP contribution < -0.4 is 15.4 Å². The van der Waals surface area contributed by atoms with Gasteiger partial charge in [-0.2, -0.15) is 5.10 Å². The highest BCUT2D eigenvalue weighted by Crippen LogP contribution is 2.37. The first kappa shape index (κ1) is 26.2. The molecule has 188 valence electrons. The lowest BCUT2D eigenvalue weighted by molar-refractivity contribution is 0.194. The molecule has 0 aliphatic rings. The molecule has 0 unspecified atom stereocenters. The van der Waals surface area contributed by atoms with Gasteiger partial charge in [0, 0.05) is 47.2 Å². The molecule has 2 aromatic heterocycles. The molecule has 2 heterocycles. The maximum Gasteiger partial charge on any atom is 0.404 e. The van der Waals surface area contributed by atoms with E-state index in [4.69, 9.17) is 16.7 Å². The third kappa shape index (κ3) is 6.79. The molecule has 1 atom stereocenters. The van der Waals surface area contributed by atoms with E-state index >= 15 is 4.39 Å². The molecule has 0 fully saturated rings. The molecule has 1 aromatic carbocycles. The number of carbonyl (C=O) groups is 1. The summed E-state index contributed by atoms with van der Waals surface area (Å²) in [7, 11) is -3.76. The Balaban J connectivity index is 2.08. The van der Waals surface area contributed by atoms with Gasteiger partial charge in [0.25, 0.3) is 0 Å². The van der Waals surface area contributed by atoms with Crippen LogP contribution in [0.15, 0.2) is 30.6 Å². The number of rotatable bonds is 9. The fourth-order valence-electron chi connectivity index (χ4n) is 3.17. The van der Waals surface area contributed by atoms with E-state index in [0.29, 0.717) is 11.3 Å². The van der Waals surface area contributed by atoms with Gasteiger partial charge in [-0.3, -0.25) is 9.40 Å². The van der Waals surface area contributed by atoms with Crippen molar-refractivity contribution in [2.45, 2.75) is 32.9 Å². The van der Waals surface area contributed by atoms with Gasteiger partial charge in [0.15, 0.2) is 5.82 Å². The van der Waals surface area contributed by atoms with Crippen LogP contribution in [-0.2, 0) is 10.0 Å². The molecule has 0 radical (unpaired) electrons. The minimum atomic E-state index is -3.76. The molecule has 3 rings (SSSR count). The number of aromatic nitrogens is 4. The van der Waals surface area contributed by atoms with Crippen molar-refractivity contribution in [1.82, 2.24) is 25.1 Å². The van der Waals surface area contributed by atoms with Gasteiger partial charge in [-0.15, -0.1) is 0 Å². The van der Waals surface area contributed by atoms with E-state index in [2.05, 4.69) is 30.4 Å². The molecule has 3 aromatic rings. The topological polar surface area (TPSA) is 151 Å². The summed E-state index contributed by atoms with van der Waals surface area (Å²) in [5, 5.41) is 18.7. The monoisotopic (exact) mass is 525 g/mol. The molecule has 35 heavy (non-hydrogen) atoms. The molecule has 0 bridgehead atoms. The largest absolute Gasteiger partial charge is 0.465 e. The highest BCUT2D eigenvalue weighted by molar-refractivity contribution is 7.92. The average molecular weight is 526 g/mol. The van der Waals surface area contributed by atoms with E-state index < -0.39 is 21.9 Å². The number of hydrogen-bond acceptors (Lipinski definition) is 7. The molecular formula is C21H25ClFN7O4S. The normalized spacial score (nSPS) is 12.4. The number of sulfonamides is 1. The van der Waals surface area contributed by atoms with Crippen LogP contribution in [0.3, 0.4) is 0 Å². The minimum absolute atomic E-state index is 0.00908. The second kappa shape index (κ2) is 10.4.